The molecule has 5 nitrogen and oxygen atoms in total. The minimum absolute atomic E-state index is 0.0549. The fourth-order valence-electron chi connectivity index (χ4n) is 6.06. The summed E-state index contributed by atoms with van der Waals surface area (Å²) < 4.78 is 0. The van der Waals surface area contributed by atoms with Crippen LogP contribution in [0.25, 0.3) is 0 Å². The third-order valence-electron chi connectivity index (χ3n) is 7.58. The van der Waals surface area contributed by atoms with Crippen LogP contribution in [0.4, 0.5) is 5.69 Å². The molecule has 1 aromatic carbocycles. The van der Waals surface area contributed by atoms with E-state index in [1.54, 1.807) is 0 Å². The van der Waals surface area contributed by atoms with Gasteiger partial charge in [-0.1, -0.05) is 44.2 Å². The van der Waals surface area contributed by atoms with E-state index < -0.39 is 0 Å². The first-order valence-corrected chi connectivity index (χ1v) is 11.0. The summed E-state index contributed by atoms with van der Waals surface area (Å²) in [6.45, 7) is 4.32. The SMILES string of the molecule is CCc1cccc(CC)c1NC(=O)CCN1C(=O)[C@@H]2[C@H]3C=C[C@@H]([C@@H]4C[C@H]34)[C@H]2C1=O. The minimum atomic E-state index is -0.183. The van der Waals surface area contributed by atoms with Crippen molar-refractivity contribution in [2.24, 2.45) is 35.5 Å². The molecule has 5 heteroatoms. The van der Waals surface area contributed by atoms with Gasteiger partial charge in [0.15, 0.2) is 0 Å². The monoisotopic (exact) mass is 392 g/mol. The molecule has 4 aliphatic carbocycles. The molecule has 1 N–H and O–H groups in total. The van der Waals surface area contributed by atoms with Crippen LogP contribution in [0.15, 0.2) is 30.4 Å². The highest BCUT2D eigenvalue weighted by atomic mass is 16.2. The van der Waals surface area contributed by atoms with E-state index in [1.165, 1.54) is 4.90 Å². The average molecular weight is 392 g/mol. The van der Waals surface area contributed by atoms with Gasteiger partial charge in [-0.15, -0.1) is 0 Å². The van der Waals surface area contributed by atoms with E-state index in [0.717, 1.165) is 36.1 Å². The Morgan fingerprint density at radius 1 is 1.00 bits per heavy atom. The summed E-state index contributed by atoms with van der Waals surface area (Å²) in [6, 6.07) is 6.08. The molecule has 152 valence electrons. The van der Waals surface area contributed by atoms with Gasteiger partial charge in [-0.05, 0) is 54.1 Å². The third kappa shape index (κ3) is 2.77. The van der Waals surface area contributed by atoms with Crippen LogP contribution in [0, 0.1) is 35.5 Å². The predicted molar refractivity (Wildman–Crippen MR) is 110 cm³/mol. The van der Waals surface area contributed by atoms with E-state index >= 15 is 0 Å². The first-order valence-electron chi connectivity index (χ1n) is 11.0. The fourth-order valence-corrected chi connectivity index (χ4v) is 6.06. The Bertz CT molecular complexity index is 862. The summed E-state index contributed by atoms with van der Waals surface area (Å²) in [5.74, 6) is 1.05. The van der Waals surface area contributed by atoms with Crippen LogP contribution >= 0.6 is 0 Å². The number of nitrogens with zero attached hydrogens (tertiary/aromatic N) is 1. The number of hydrogen-bond acceptors (Lipinski definition) is 3. The highest BCUT2D eigenvalue weighted by Gasteiger charge is 2.66. The highest BCUT2D eigenvalue weighted by Crippen LogP contribution is 2.65. The van der Waals surface area contributed by atoms with Crippen LogP contribution in [0.3, 0.4) is 0 Å². The van der Waals surface area contributed by atoms with Crippen LogP contribution in [0.1, 0.15) is 37.8 Å². The van der Waals surface area contributed by atoms with Crippen LogP contribution in [-0.2, 0) is 27.2 Å². The maximum absolute atomic E-state index is 13.0. The second-order valence-corrected chi connectivity index (χ2v) is 8.94. The number of carbonyl (C=O) groups excluding carboxylic acids is 3. The highest BCUT2D eigenvalue weighted by molar-refractivity contribution is 6.06. The molecule has 6 atom stereocenters. The normalized spacial score (nSPS) is 33.7. The number of benzene rings is 1. The van der Waals surface area contributed by atoms with Crippen molar-refractivity contribution in [2.45, 2.75) is 39.5 Å². The molecule has 3 fully saturated rings. The van der Waals surface area contributed by atoms with Gasteiger partial charge in [-0.3, -0.25) is 19.3 Å². The number of nitrogens with one attached hydrogen (secondary N) is 1. The van der Waals surface area contributed by atoms with Crippen molar-refractivity contribution in [3.05, 3.63) is 41.5 Å². The van der Waals surface area contributed by atoms with Crippen molar-refractivity contribution in [1.29, 1.82) is 0 Å². The predicted octanol–water partition coefficient (Wildman–Crippen LogP) is 3.19. The summed E-state index contributed by atoms with van der Waals surface area (Å²) in [6.07, 6.45) is 7.34. The van der Waals surface area contributed by atoms with Crippen molar-refractivity contribution in [3.63, 3.8) is 0 Å². The Labute approximate surface area is 171 Å². The van der Waals surface area contributed by atoms with E-state index in [2.05, 4.69) is 31.3 Å². The Morgan fingerprint density at radius 2 is 1.55 bits per heavy atom. The van der Waals surface area contributed by atoms with Gasteiger partial charge in [-0.25, -0.2) is 0 Å². The molecule has 3 amide bonds. The van der Waals surface area contributed by atoms with Gasteiger partial charge < -0.3 is 5.32 Å². The minimum Gasteiger partial charge on any atom is -0.326 e. The molecule has 2 bridgehead atoms. The zero-order valence-electron chi connectivity index (χ0n) is 17.1. The molecule has 0 aromatic heterocycles. The number of hydrogen-bond donors (Lipinski definition) is 1. The summed E-state index contributed by atoms with van der Waals surface area (Å²) >= 11 is 0. The van der Waals surface area contributed by atoms with E-state index in [-0.39, 0.29) is 54.4 Å². The van der Waals surface area contributed by atoms with Gasteiger partial charge in [0.2, 0.25) is 17.7 Å². The van der Waals surface area contributed by atoms with Gasteiger partial charge in [0, 0.05) is 18.7 Å². The molecule has 1 aromatic rings. The van der Waals surface area contributed by atoms with Gasteiger partial charge >= 0.3 is 0 Å². The van der Waals surface area contributed by atoms with Crippen molar-refractivity contribution < 1.29 is 14.4 Å². The molecule has 0 unspecified atom stereocenters. The largest absolute Gasteiger partial charge is 0.326 e. The number of allylic oxidation sites excluding steroid dienone is 2. The molecule has 0 radical (unpaired) electrons. The topological polar surface area (TPSA) is 66.5 Å². The summed E-state index contributed by atoms with van der Waals surface area (Å²) in [5, 5.41) is 3.04. The van der Waals surface area contributed by atoms with Gasteiger partial charge in [0.1, 0.15) is 0 Å². The van der Waals surface area contributed by atoms with E-state index in [0.29, 0.717) is 11.8 Å². The molecule has 2 saturated carbocycles. The Kier molecular flexibility index (Phi) is 4.37. The van der Waals surface area contributed by atoms with E-state index in [9.17, 15) is 14.4 Å². The van der Waals surface area contributed by atoms with Gasteiger partial charge in [0.25, 0.3) is 0 Å². The van der Waals surface area contributed by atoms with Gasteiger partial charge in [-0.2, -0.15) is 0 Å². The number of aryl methyl sites for hydroxylation is 2. The summed E-state index contributed by atoms with van der Waals surface area (Å²) in [7, 11) is 0. The van der Waals surface area contributed by atoms with Crippen molar-refractivity contribution >= 4 is 23.4 Å². The van der Waals surface area contributed by atoms with Crippen LogP contribution in [0.5, 0.6) is 0 Å². The number of rotatable bonds is 6. The molecule has 1 aliphatic heterocycles. The first-order chi connectivity index (χ1) is 14.0. The molecule has 5 aliphatic rings. The van der Waals surface area contributed by atoms with Crippen molar-refractivity contribution in [2.75, 3.05) is 11.9 Å². The standard InChI is InChI=1S/C24H28N2O3/c1-3-13-6-5-7-14(4-2)22(13)25-19(27)10-11-26-23(28)20-15-8-9-16(18-12-17(15)18)21(20)24(26)29/h5-9,15-18,20-21H,3-4,10-12H2,1-2H3,(H,25,27)/t15-,16-,17-,18+,20+,21+/m0/s1. The lowest BCUT2D eigenvalue weighted by Crippen LogP contribution is -2.40. The van der Waals surface area contributed by atoms with Crippen molar-refractivity contribution in [1.82, 2.24) is 4.90 Å². The lowest BCUT2D eigenvalue weighted by atomic mass is 9.63. The quantitative estimate of drug-likeness (QED) is 0.597. The van der Waals surface area contributed by atoms with Crippen LogP contribution in [0.2, 0.25) is 0 Å². The molecule has 0 spiro atoms. The lowest BCUT2D eigenvalue weighted by molar-refractivity contribution is -0.140. The van der Waals surface area contributed by atoms with Crippen molar-refractivity contribution in [3.8, 4) is 0 Å². The zero-order valence-corrected chi connectivity index (χ0v) is 17.1. The number of carbonyl (C=O) groups is 3. The second kappa shape index (κ2) is 6.82. The number of imide groups is 1. The Balaban J connectivity index is 1.26. The maximum Gasteiger partial charge on any atom is 0.233 e. The number of likely N-dealkylation sites (tertiary alicyclic amines) is 1. The average Bonchev–Trinajstić information content (AvgIpc) is 3.51. The summed E-state index contributed by atoms with van der Waals surface area (Å²) in [4.78, 5) is 40.1. The third-order valence-corrected chi connectivity index (χ3v) is 7.58. The lowest BCUT2D eigenvalue weighted by Gasteiger charge is -2.37. The molecule has 1 heterocycles. The molecular formula is C24H28N2O3. The van der Waals surface area contributed by atoms with Crippen LogP contribution < -0.4 is 5.32 Å². The number of anilines is 1. The van der Waals surface area contributed by atoms with E-state index in [4.69, 9.17) is 0 Å². The Morgan fingerprint density at radius 3 is 2.07 bits per heavy atom. The fraction of sp³-hybridized carbons (Fsp3) is 0.542. The number of amides is 3. The van der Waals surface area contributed by atoms with Crippen LogP contribution in [-0.4, -0.2) is 29.2 Å². The Hall–Kier alpha value is -2.43. The number of para-hydroxylation sites is 1. The van der Waals surface area contributed by atoms with E-state index in [1.807, 2.05) is 18.2 Å². The smallest absolute Gasteiger partial charge is 0.233 e. The van der Waals surface area contributed by atoms with Gasteiger partial charge in [0.05, 0.1) is 11.8 Å². The first kappa shape index (κ1) is 18.6. The second-order valence-electron chi connectivity index (χ2n) is 8.94. The maximum atomic E-state index is 13.0. The molecule has 1 saturated heterocycles. The molecule has 29 heavy (non-hydrogen) atoms. The zero-order chi connectivity index (χ0) is 20.3. The summed E-state index contributed by atoms with van der Waals surface area (Å²) in [5.41, 5.74) is 3.11. The molecular weight excluding hydrogens is 364 g/mol. The molecule has 6 rings (SSSR count).